The number of hydrogen-bond acceptors (Lipinski definition) is 4. The monoisotopic (exact) mass is 331 g/mol. The minimum atomic E-state index is 0.126. The maximum absolute atomic E-state index is 11.0. The van der Waals surface area contributed by atoms with E-state index in [1.165, 1.54) is 0 Å². The number of nitrogens with zero attached hydrogens (tertiary/aromatic N) is 1. The molecular weight excluding hydrogens is 314 g/mol. The van der Waals surface area contributed by atoms with Crippen molar-refractivity contribution in [3.05, 3.63) is 84.1 Å². The Kier molecular flexibility index (Phi) is 4.90. The van der Waals surface area contributed by atoms with E-state index in [1.54, 1.807) is 36.4 Å². The molecule has 0 fully saturated rings. The van der Waals surface area contributed by atoms with Gasteiger partial charge in [0.15, 0.2) is 6.29 Å². The summed E-state index contributed by atoms with van der Waals surface area (Å²) in [6.07, 6.45) is 2.29. The third kappa shape index (κ3) is 3.58. The maximum Gasteiger partial charge on any atom is 0.168 e. The van der Waals surface area contributed by atoms with E-state index < -0.39 is 0 Å². The van der Waals surface area contributed by atoms with Gasteiger partial charge in [-0.1, -0.05) is 49.1 Å². The third-order valence-electron chi connectivity index (χ3n) is 3.82. The molecule has 0 aliphatic heterocycles. The fourth-order valence-electron chi connectivity index (χ4n) is 2.58. The number of hydrogen-bond donors (Lipinski definition) is 1. The van der Waals surface area contributed by atoms with Crippen LogP contribution in [0.15, 0.2) is 67.2 Å². The summed E-state index contributed by atoms with van der Waals surface area (Å²) in [6.45, 7) is 4.01. The Morgan fingerprint density at radius 2 is 1.84 bits per heavy atom. The van der Waals surface area contributed by atoms with E-state index >= 15 is 0 Å². The molecule has 124 valence electrons. The van der Waals surface area contributed by atoms with Gasteiger partial charge in [-0.15, -0.1) is 0 Å². The van der Waals surface area contributed by atoms with Crippen molar-refractivity contribution in [1.29, 1.82) is 0 Å². The second-order valence-electron chi connectivity index (χ2n) is 5.40. The fourth-order valence-corrected chi connectivity index (χ4v) is 2.58. The second-order valence-corrected chi connectivity index (χ2v) is 5.40. The lowest BCUT2D eigenvalue weighted by Gasteiger charge is -2.13. The van der Waals surface area contributed by atoms with Crippen molar-refractivity contribution in [3.8, 4) is 22.8 Å². The minimum absolute atomic E-state index is 0.126. The summed E-state index contributed by atoms with van der Waals surface area (Å²) in [6, 6.07) is 18.1. The van der Waals surface area contributed by atoms with Crippen LogP contribution >= 0.6 is 0 Å². The molecule has 0 spiro atoms. The summed E-state index contributed by atoms with van der Waals surface area (Å²) in [4.78, 5) is 15.3. The molecule has 3 aromatic rings. The van der Waals surface area contributed by atoms with E-state index in [9.17, 15) is 9.90 Å². The van der Waals surface area contributed by atoms with Crippen LogP contribution in [-0.2, 0) is 6.61 Å². The molecule has 0 unspecified atom stereocenters. The van der Waals surface area contributed by atoms with Crippen LogP contribution in [0.5, 0.6) is 11.5 Å². The van der Waals surface area contributed by atoms with Gasteiger partial charge in [-0.05, 0) is 29.8 Å². The van der Waals surface area contributed by atoms with Crippen molar-refractivity contribution in [2.24, 2.45) is 0 Å². The SMILES string of the molecule is C=Cc1c(O)cccc1OCc1ccccc1-c1cccc(C=O)n1. The number of phenolic OH excluding ortho intramolecular Hbond substituents is 1. The van der Waals surface area contributed by atoms with Crippen LogP contribution in [0.1, 0.15) is 21.6 Å². The molecule has 0 amide bonds. The van der Waals surface area contributed by atoms with Gasteiger partial charge in [0, 0.05) is 5.56 Å². The molecule has 1 heterocycles. The van der Waals surface area contributed by atoms with E-state index in [0.29, 0.717) is 29.3 Å². The number of carbonyl (C=O) groups is 1. The van der Waals surface area contributed by atoms with Crippen molar-refractivity contribution in [3.63, 3.8) is 0 Å². The van der Waals surface area contributed by atoms with Crippen LogP contribution in [0.2, 0.25) is 0 Å². The smallest absolute Gasteiger partial charge is 0.168 e. The Morgan fingerprint density at radius 1 is 1.04 bits per heavy atom. The molecular formula is C21H17NO3. The van der Waals surface area contributed by atoms with Crippen LogP contribution in [0, 0.1) is 0 Å². The van der Waals surface area contributed by atoms with Gasteiger partial charge >= 0.3 is 0 Å². The Labute approximate surface area is 146 Å². The lowest BCUT2D eigenvalue weighted by molar-refractivity contribution is 0.111. The Morgan fingerprint density at radius 3 is 2.64 bits per heavy atom. The van der Waals surface area contributed by atoms with E-state index in [2.05, 4.69) is 11.6 Å². The molecule has 3 rings (SSSR count). The Hall–Kier alpha value is -3.40. The Bertz CT molecular complexity index is 919. The third-order valence-corrected chi connectivity index (χ3v) is 3.82. The highest BCUT2D eigenvalue weighted by Crippen LogP contribution is 2.30. The normalized spacial score (nSPS) is 10.2. The average Bonchev–Trinajstić information content (AvgIpc) is 2.66. The zero-order chi connectivity index (χ0) is 17.6. The van der Waals surface area contributed by atoms with Gasteiger partial charge in [-0.25, -0.2) is 4.98 Å². The summed E-state index contributed by atoms with van der Waals surface area (Å²) in [7, 11) is 0. The number of ether oxygens (including phenoxy) is 1. The second kappa shape index (κ2) is 7.45. The number of aromatic nitrogens is 1. The molecule has 1 aromatic heterocycles. The highest BCUT2D eigenvalue weighted by Gasteiger charge is 2.10. The number of phenols is 1. The number of aldehydes is 1. The van der Waals surface area contributed by atoms with Gasteiger partial charge < -0.3 is 9.84 Å². The number of aromatic hydroxyl groups is 1. The van der Waals surface area contributed by atoms with Crippen molar-refractivity contribution >= 4 is 12.4 Å². The molecule has 0 aliphatic rings. The lowest BCUT2D eigenvalue weighted by Crippen LogP contribution is -2.00. The first-order valence-corrected chi connectivity index (χ1v) is 7.80. The summed E-state index contributed by atoms with van der Waals surface area (Å²) in [5, 5.41) is 9.88. The summed E-state index contributed by atoms with van der Waals surface area (Å²) < 4.78 is 5.89. The molecule has 0 atom stereocenters. The summed E-state index contributed by atoms with van der Waals surface area (Å²) in [5.74, 6) is 0.681. The summed E-state index contributed by atoms with van der Waals surface area (Å²) in [5.41, 5.74) is 3.47. The van der Waals surface area contributed by atoms with E-state index in [4.69, 9.17) is 4.74 Å². The number of benzene rings is 2. The molecule has 25 heavy (non-hydrogen) atoms. The molecule has 0 bridgehead atoms. The van der Waals surface area contributed by atoms with Crippen LogP contribution in [-0.4, -0.2) is 16.4 Å². The number of pyridine rings is 1. The quantitative estimate of drug-likeness (QED) is 0.676. The van der Waals surface area contributed by atoms with Gasteiger partial charge in [0.1, 0.15) is 23.8 Å². The predicted octanol–water partition coefficient (Wildman–Crippen LogP) is 4.49. The predicted molar refractivity (Wildman–Crippen MR) is 97.6 cm³/mol. The molecule has 1 N–H and O–H groups in total. The van der Waals surface area contributed by atoms with Gasteiger partial charge in [0.2, 0.25) is 0 Å². The largest absolute Gasteiger partial charge is 0.507 e. The molecule has 0 saturated carbocycles. The van der Waals surface area contributed by atoms with Gasteiger partial charge in [-0.3, -0.25) is 4.79 Å². The maximum atomic E-state index is 11.0. The van der Waals surface area contributed by atoms with Crippen molar-refractivity contribution in [2.75, 3.05) is 0 Å². The molecule has 0 radical (unpaired) electrons. The average molecular weight is 331 g/mol. The number of carbonyl (C=O) groups excluding carboxylic acids is 1. The van der Waals surface area contributed by atoms with Gasteiger partial charge in [0.05, 0.1) is 11.3 Å². The van der Waals surface area contributed by atoms with Gasteiger partial charge in [-0.2, -0.15) is 0 Å². The van der Waals surface area contributed by atoms with Crippen molar-refractivity contribution in [2.45, 2.75) is 6.61 Å². The summed E-state index contributed by atoms with van der Waals surface area (Å²) >= 11 is 0. The van der Waals surface area contributed by atoms with Crippen LogP contribution in [0.4, 0.5) is 0 Å². The molecule has 2 aromatic carbocycles. The first kappa shape index (κ1) is 16.5. The first-order chi connectivity index (χ1) is 12.2. The zero-order valence-electron chi connectivity index (χ0n) is 13.6. The van der Waals surface area contributed by atoms with E-state index in [-0.39, 0.29) is 5.75 Å². The number of rotatable bonds is 6. The lowest BCUT2D eigenvalue weighted by atomic mass is 10.0. The van der Waals surface area contributed by atoms with E-state index in [1.807, 2.05) is 30.3 Å². The molecule has 0 aliphatic carbocycles. The highest BCUT2D eigenvalue weighted by molar-refractivity contribution is 5.74. The molecule has 4 nitrogen and oxygen atoms in total. The van der Waals surface area contributed by atoms with Crippen LogP contribution in [0.3, 0.4) is 0 Å². The van der Waals surface area contributed by atoms with E-state index in [0.717, 1.165) is 17.4 Å². The van der Waals surface area contributed by atoms with Crippen molar-refractivity contribution < 1.29 is 14.6 Å². The first-order valence-electron chi connectivity index (χ1n) is 7.80. The standard InChI is InChI=1S/C21H17NO3/c1-2-17-20(24)11-6-12-21(17)25-14-15-7-3-4-9-18(15)19-10-5-8-16(13-23)22-19/h2-13,24H,1,14H2. The fraction of sp³-hybridized carbons (Fsp3) is 0.0476. The molecule has 4 heteroatoms. The van der Waals surface area contributed by atoms with Crippen LogP contribution in [0.25, 0.3) is 17.3 Å². The Balaban J connectivity index is 1.91. The highest BCUT2D eigenvalue weighted by atomic mass is 16.5. The minimum Gasteiger partial charge on any atom is -0.507 e. The van der Waals surface area contributed by atoms with Crippen LogP contribution < -0.4 is 4.74 Å². The van der Waals surface area contributed by atoms with Crippen molar-refractivity contribution in [1.82, 2.24) is 4.98 Å². The van der Waals surface area contributed by atoms with Gasteiger partial charge in [0.25, 0.3) is 0 Å². The molecule has 0 saturated heterocycles. The zero-order valence-corrected chi connectivity index (χ0v) is 13.6. The topological polar surface area (TPSA) is 59.4 Å².